The smallest absolute Gasteiger partial charge is 0.348 e. The van der Waals surface area contributed by atoms with Gasteiger partial charge in [-0.15, -0.1) is 0 Å². The molecule has 0 radical (unpaired) electrons. The molecule has 1 aromatic rings. The van der Waals surface area contributed by atoms with E-state index in [9.17, 15) is 14.4 Å². The zero-order chi connectivity index (χ0) is 15.6. The first-order valence-electron chi connectivity index (χ1n) is 6.27. The number of aliphatic carboxylic acids is 1. The molecule has 0 spiro atoms. The summed E-state index contributed by atoms with van der Waals surface area (Å²) in [7, 11) is 0. The predicted octanol–water partition coefficient (Wildman–Crippen LogP) is 0.485. The second kappa shape index (κ2) is 5.85. The van der Waals surface area contributed by atoms with Crippen molar-refractivity contribution in [2.75, 3.05) is 0 Å². The van der Waals surface area contributed by atoms with E-state index in [2.05, 4.69) is 4.98 Å². The lowest BCUT2D eigenvalue weighted by molar-refractivity contribution is -0.138. The quantitative estimate of drug-likeness (QED) is 0.814. The van der Waals surface area contributed by atoms with E-state index >= 15 is 0 Å². The Balaban J connectivity index is 3.47. The first-order valence-corrected chi connectivity index (χ1v) is 6.27. The molecule has 20 heavy (non-hydrogen) atoms. The molecule has 7 nitrogen and oxygen atoms in total. The summed E-state index contributed by atoms with van der Waals surface area (Å²) in [5, 5.41) is 9.14. The van der Waals surface area contributed by atoms with Gasteiger partial charge in [0.25, 0.3) is 0 Å². The molecule has 7 heteroatoms. The van der Waals surface area contributed by atoms with Gasteiger partial charge in [0.1, 0.15) is 0 Å². The summed E-state index contributed by atoms with van der Waals surface area (Å²) in [6.07, 6.45) is -0.00756. The number of aryl methyl sites for hydroxylation is 1. The zero-order valence-electron chi connectivity index (χ0n) is 12.0. The van der Waals surface area contributed by atoms with Crippen molar-refractivity contribution in [2.45, 2.75) is 46.1 Å². The lowest BCUT2D eigenvalue weighted by Gasteiger charge is -2.21. The monoisotopic (exact) mass is 281 g/mol. The van der Waals surface area contributed by atoms with Crippen molar-refractivity contribution in [3.05, 3.63) is 27.4 Å². The Hall–Kier alpha value is -2.18. The van der Waals surface area contributed by atoms with Gasteiger partial charge < -0.3 is 10.8 Å². The van der Waals surface area contributed by atoms with Gasteiger partial charge in [-0.25, -0.2) is 4.79 Å². The number of nitrogens with two attached hydrogens (primary N) is 1. The highest BCUT2D eigenvalue weighted by Gasteiger charge is 2.24. The average Bonchev–Trinajstić information content (AvgIpc) is 2.26. The number of amides is 1. The molecule has 0 bridgehead atoms. The number of carbonyl (C=O) groups is 2. The topological polar surface area (TPSA) is 115 Å². The third kappa shape index (κ3) is 3.04. The molecule has 3 N–H and O–H groups in total. The van der Waals surface area contributed by atoms with E-state index in [-0.39, 0.29) is 6.42 Å². The normalized spacial score (nSPS) is 13.8. The van der Waals surface area contributed by atoms with Crippen LogP contribution < -0.4 is 11.4 Å². The van der Waals surface area contributed by atoms with Gasteiger partial charge in [0, 0.05) is 29.4 Å². The standard InChI is InChI=1S/C13H19N3O4/c1-6(5-10(14)17)16-9(4)11(7(2)12(18)19)8(3)15-13(16)20/h6-7H,5H2,1-4H3,(H2,14,17)(H,18,19). The van der Waals surface area contributed by atoms with Crippen LogP contribution >= 0.6 is 0 Å². The first kappa shape index (κ1) is 15.9. The molecule has 0 aliphatic carbocycles. The maximum Gasteiger partial charge on any atom is 0.348 e. The Morgan fingerprint density at radius 1 is 1.35 bits per heavy atom. The van der Waals surface area contributed by atoms with Crippen LogP contribution in [0.5, 0.6) is 0 Å². The number of carboxylic acids is 1. The van der Waals surface area contributed by atoms with E-state index in [1.54, 1.807) is 20.8 Å². The minimum Gasteiger partial charge on any atom is -0.481 e. The number of aromatic nitrogens is 2. The van der Waals surface area contributed by atoms with Crippen LogP contribution in [0.3, 0.4) is 0 Å². The number of hydrogen-bond donors (Lipinski definition) is 2. The van der Waals surface area contributed by atoms with Crippen molar-refractivity contribution < 1.29 is 14.7 Å². The van der Waals surface area contributed by atoms with Crippen LogP contribution in [0.15, 0.2) is 4.79 Å². The molecule has 1 rings (SSSR count). The van der Waals surface area contributed by atoms with Gasteiger partial charge in [0.15, 0.2) is 0 Å². The number of hydrogen-bond acceptors (Lipinski definition) is 4. The Labute approximate surface area is 116 Å². The number of rotatable bonds is 5. The van der Waals surface area contributed by atoms with Crippen LogP contribution in [0.4, 0.5) is 0 Å². The molecule has 0 saturated heterocycles. The van der Waals surface area contributed by atoms with Crippen LogP contribution in [0.2, 0.25) is 0 Å². The van der Waals surface area contributed by atoms with Crippen molar-refractivity contribution in [3.8, 4) is 0 Å². The fourth-order valence-corrected chi connectivity index (χ4v) is 2.44. The Kier molecular flexibility index (Phi) is 4.65. The minimum absolute atomic E-state index is 0.00756. The lowest BCUT2D eigenvalue weighted by atomic mass is 9.97. The molecule has 1 aromatic heterocycles. The highest BCUT2D eigenvalue weighted by molar-refractivity contribution is 5.76. The van der Waals surface area contributed by atoms with Crippen molar-refractivity contribution in [1.82, 2.24) is 9.55 Å². The molecule has 0 saturated carbocycles. The van der Waals surface area contributed by atoms with Gasteiger partial charge in [0.2, 0.25) is 5.91 Å². The van der Waals surface area contributed by atoms with Crippen LogP contribution in [-0.4, -0.2) is 26.5 Å². The summed E-state index contributed by atoms with van der Waals surface area (Å²) in [5.74, 6) is -2.31. The largest absolute Gasteiger partial charge is 0.481 e. The highest BCUT2D eigenvalue weighted by atomic mass is 16.4. The highest BCUT2D eigenvalue weighted by Crippen LogP contribution is 2.23. The van der Waals surface area contributed by atoms with Crippen molar-refractivity contribution in [3.63, 3.8) is 0 Å². The molecule has 1 amide bonds. The number of primary amides is 1. The Morgan fingerprint density at radius 3 is 2.35 bits per heavy atom. The van der Waals surface area contributed by atoms with Gasteiger partial charge in [-0.3, -0.25) is 14.2 Å². The zero-order valence-corrected chi connectivity index (χ0v) is 12.0. The molecule has 0 aromatic carbocycles. The summed E-state index contributed by atoms with van der Waals surface area (Å²) in [5.41, 5.74) is 6.03. The molecule has 0 aliphatic rings. The number of nitrogens with zero attached hydrogens (tertiary/aromatic N) is 2. The van der Waals surface area contributed by atoms with Crippen LogP contribution in [0.25, 0.3) is 0 Å². The Morgan fingerprint density at radius 2 is 1.90 bits per heavy atom. The van der Waals surface area contributed by atoms with E-state index in [1.165, 1.54) is 11.5 Å². The van der Waals surface area contributed by atoms with Crippen LogP contribution in [0.1, 0.15) is 49.2 Å². The lowest BCUT2D eigenvalue weighted by Crippen LogP contribution is -2.33. The maximum absolute atomic E-state index is 12.0. The van der Waals surface area contributed by atoms with E-state index in [0.717, 1.165) is 0 Å². The molecule has 110 valence electrons. The van der Waals surface area contributed by atoms with E-state index < -0.39 is 29.5 Å². The first-order chi connectivity index (χ1) is 9.16. The number of carboxylic acid groups (broad SMARTS) is 1. The molecule has 0 fully saturated rings. The van der Waals surface area contributed by atoms with E-state index in [0.29, 0.717) is 17.0 Å². The van der Waals surface area contributed by atoms with Crippen molar-refractivity contribution in [2.24, 2.45) is 5.73 Å². The van der Waals surface area contributed by atoms with Gasteiger partial charge in [-0.05, 0) is 27.7 Å². The SMILES string of the molecule is Cc1nc(=O)n(C(C)CC(N)=O)c(C)c1C(C)C(=O)O. The summed E-state index contributed by atoms with van der Waals surface area (Å²) in [6.45, 7) is 6.47. The predicted molar refractivity (Wildman–Crippen MR) is 72.5 cm³/mol. The summed E-state index contributed by atoms with van der Waals surface area (Å²) >= 11 is 0. The summed E-state index contributed by atoms with van der Waals surface area (Å²) in [4.78, 5) is 38.0. The maximum atomic E-state index is 12.0. The molecule has 2 unspecified atom stereocenters. The molecule has 2 atom stereocenters. The van der Waals surface area contributed by atoms with Gasteiger partial charge in [-0.1, -0.05) is 0 Å². The fourth-order valence-electron chi connectivity index (χ4n) is 2.44. The van der Waals surface area contributed by atoms with Crippen molar-refractivity contribution >= 4 is 11.9 Å². The van der Waals surface area contributed by atoms with Gasteiger partial charge in [0.05, 0.1) is 5.92 Å². The molecule has 0 aliphatic heterocycles. The second-order valence-electron chi connectivity index (χ2n) is 4.93. The van der Waals surface area contributed by atoms with Crippen LogP contribution in [0, 0.1) is 13.8 Å². The third-order valence-electron chi connectivity index (χ3n) is 3.35. The van der Waals surface area contributed by atoms with Gasteiger partial charge in [-0.2, -0.15) is 4.98 Å². The van der Waals surface area contributed by atoms with E-state index in [4.69, 9.17) is 10.8 Å². The van der Waals surface area contributed by atoms with E-state index in [1.807, 2.05) is 0 Å². The third-order valence-corrected chi connectivity index (χ3v) is 3.35. The second-order valence-corrected chi connectivity index (χ2v) is 4.93. The molecular formula is C13H19N3O4. The van der Waals surface area contributed by atoms with Crippen molar-refractivity contribution in [1.29, 1.82) is 0 Å². The minimum atomic E-state index is -0.995. The Bertz CT molecular complexity index is 606. The van der Waals surface area contributed by atoms with Crippen LogP contribution in [-0.2, 0) is 9.59 Å². The molecule has 1 heterocycles. The summed E-state index contributed by atoms with van der Waals surface area (Å²) in [6, 6.07) is -0.465. The molecular weight excluding hydrogens is 262 g/mol. The summed E-state index contributed by atoms with van der Waals surface area (Å²) < 4.78 is 1.33. The number of carbonyl (C=O) groups excluding carboxylic acids is 1. The van der Waals surface area contributed by atoms with Gasteiger partial charge >= 0.3 is 11.7 Å². The average molecular weight is 281 g/mol. The fraction of sp³-hybridized carbons (Fsp3) is 0.538.